The molecule has 1 fully saturated rings. The second-order valence-electron chi connectivity index (χ2n) is 6.74. The Morgan fingerprint density at radius 1 is 1.27 bits per heavy atom. The number of likely N-dealkylation sites (tertiary alicyclic amines) is 1. The summed E-state index contributed by atoms with van der Waals surface area (Å²) in [6.07, 6.45) is 3.98. The van der Waals surface area contributed by atoms with Crippen LogP contribution >= 0.6 is 0 Å². The van der Waals surface area contributed by atoms with Crippen molar-refractivity contribution in [1.29, 1.82) is 0 Å². The third-order valence-corrected chi connectivity index (χ3v) is 5.00. The number of carbonyl (C=O) groups excluding carboxylic acids is 2. The van der Waals surface area contributed by atoms with E-state index in [2.05, 4.69) is 10.2 Å². The lowest BCUT2D eigenvalue weighted by atomic mass is 9.99. The molecule has 1 atom stereocenters. The van der Waals surface area contributed by atoms with Crippen LogP contribution in [0.1, 0.15) is 49.9 Å². The van der Waals surface area contributed by atoms with Crippen LogP contribution in [0.15, 0.2) is 24.3 Å². The fourth-order valence-electron chi connectivity index (χ4n) is 3.55. The number of rotatable bonds is 8. The minimum Gasteiger partial charge on any atom is -0.396 e. The third kappa shape index (κ3) is 5.54. The minimum absolute atomic E-state index is 0.0230. The first-order chi connectivity index (χ1) is 12.6. The van der Waals surface area contributed by atoms with Gasteiger partial charge in [0.15, 0.2) is 0 Å². The van der Waals surface area contributed by atoms with Gasteiger partial charge in [0.25, 0.3) is 5.91 Å². The number of aliphatic hydroxyl groups is 1. The molecule has 26 heavy (non-hydrogen) atoms. The molecule has 0 aliphatic carbocycles. The monoisotopic (exact) mass is 361 g/mol. The summed E-state index contributed by atoms with van der Waals surface area (Å²) < 4.78 is 0. The zero-order chi connectivity index (χ0) is 18.9. The molecule has 0 spiro atoms. The number of benzene rings is 1. The molecule has 1 unspecified atom stereocenters. The summed E-state index contributed by atoms with van der Waals surface area (Å²) in [7, 11) is 0. The summed E-state index contributed by atoms with van der Waals surface area (Å²) in [4.78, 5) is 28.8. The lowest BCUT2D eigenvalue weighted by Crippen LogP contribution is -2.44. The predicted molar refractivity (Wildman–Crippen MR) is 103 cm³/mol. The third-order valence-electron chi connectivity index (χ3n) is 5.00. The Kier molecular flexibility index (Phi) is 8.06. The van der Waals surface area contributed by atoms with Gasteiger partial charge in [-0.05, 0) is 57.9 Å². The molecule has 2 amide bonds. The van der Waals surface area contributed by atoms with Gasteiger partial charge in [-0.15, -0.1) is 0 Å². The van der Waals surface area contributed by atoms with Gasteiger partial charge in [0.2, 0.25) is 5.91 Å². The second kappa shape index (κ2) is 10.3. The highest BCUT2D eigenvalue weighted by Gasteiger charge is 2.23. The number of aliphatic hydroxyl groups excluding tert-OH is 1. The van der Waals surface area contributed by atoms with E-state index in [1.807, 2.05) is 13.8 Å². The van der Waals surface area contributed by atoms with E-state index >= 15 is 0 Å². The predicted octanol–water partition coefficient (Wildman–Crippen LogP) is 2.34. The van der Waals surface area contributed by atoms with Crippen molar-refractivity contribution in [3.8, 4) is 0 Å². The molecule has 1 aliphatic heterocycles. The van der Waals surface area contributed by atoms with Crippen molar-refractivity contribution in [3.63, 3.8) is 0 Å². The summed E-state index contributed by atoms with van der Waals surface area (Å²) in [5, 5.41) is 12.1. The maximum atomic E-state index is 12.5. The summed E-state index contributed by atoms with van der Waals surface area (Å²) in [6, 6.07) is 7.38. The first kappa shape index (κ1) is 20.4. The van der Waals surface area contributed by atoms with E-state index < -0.39 is 0 Å². The number of nitrogens with zero attached hydrogens (tertiary/aromatic N) is 2. The molecule has 1 aromatic carbocycles. The number of hydrogen-bond acceptors (Lipinski definition) is 4. The van der Waals surface area contributed by atoms with Gasteiger partial charge in [0, 0.05) is 37.0 Å². The molecule has 1 aromatic rings. The highest BCUT2D eigenvalue weighted by molar-refractivity contribution is 5.97. The fraction of sp³-hybridized carbons (Fsp3) is 0.600. The van der Waals surface area contributed by atoms with E-state index in [-0.39, 0.29) is 24.5 Å². The molecule has 0 radical (unpaired) electrons. The summed E-state index contributed by atoms with van der Waals surface area (Å²) >= 11 is 0. The van der Waals surface area contributed by atoms with Gasteiger partial charge in [0.1, 0.15) is 0 Å². The van der Waals surface area contributed by atoms with E-state index in [1.54, 1.807) is 29.2 Å². The molecule has 1 heterocycles. The van der Waals surface area contributed by atoms with Crippen LogP contribution in [-0.2, 0) is 4.79 Å². The van der Waals surface area contributed by atoms with Crippen molar-refractivity contribution in [2.45, 2.75) is 45.6 Å². The van der Waals surface area contributed by atoms with Crippen LogP contribution in [0.3, 0.4) is 0 Å². The van der Waals surface area contributed by atoms with Crippen LogP contribution in [-0.4, -0.2) is 65.5 Å². The Morgan fingerprint density at radius 2 is 2.04 bits per heavy atom. The molecule has 0 bridgehead atoms. The Morgan fingerprint density at radius 3 is 2.73 bits per heavy atom. The lowest BCUT2D eigenvalue weighted by molar-refractivity contribution is -0.118. The number of piperidine rings is 1. The highest BCUT2D eigenvalue weighted by Crippen LogP contribution is 2.19. The van der Waals surface area contributed by atoms with Crippen molar-refractivity contribution in [2.24, 2.45) is 0 Å². The first-order valence-electron chi connectivity index (χ1n) is 9.63. The van der Waals surface area contributed by atoms with Crippen LogP contribution in [0.2, 0.25) is 0 Å². The van der Waals surface area contributed by atoms with Gasteiger partial charge in [-0.2, -0.15) is 0 Å². The molecular weight excluding hydrogens is 330 g/mol. The standard InChI is InChI=1S/C20H31N3O3/c1-3-22(4-2)20(26)16-8-7-9-17(14-16)21-19(25)15-23-12-6-5-10-18(23)11-13-24/h7-9,14,18,24H,3-6,10-13,15H2,1-2H3,(H,21,25). The van der Waals surface area contributed by atoms with Crippen molar-refractivity contribution >= 4 is 17.5 Å². The number of nitrogens with one attached hydrogen (secondary N) is 1. The van der Waals surface area contributed by atoms with Gasteiger partial charge in [0.05, 0.1) is 6.54 Å². The van der Waals surface area contributed by atoms with E-state index in [9.17, 15) is 14.7 Å². The largest absolute Gasteiger partial charge is 0.396 e. The average Bonchev–Trinajstić information content (AvgIpc) is 2.64. The van der Waals surface area contributed by atoms with Gasteiger partial charge < -0.3 is 15.3 Å². The number of amides is 2. The molecule has 144 valence electrons. The molecule has 6 nitrogen and oxygen atoms in total. The van der Waals surface area contributed by atoms with E-state index in [4.69, 9.17) is 0 Å². The van der Waals surface area contributed by atoms with Gasteiger partial charge >= 0.3 is 0 Å². The molecule has 6 heteroatoms. The molecule has 0 aromatic heterocycles. The highest BCUT2D eigenvalue weighted by atomic mass is 16.3. The van der Waals surface area contributed by atoms with Gasteiger partial charge in [-0.1, -0.05) is 12.5 Å². The lowest BCUT2D eigenvalue weighted by Gasteiger charge is -2.34. The quantitative estimate of drug-likeness (QED) is 0.745. The van der Waals surface area contributed by atoms with Crippen LogP contribution in [0.5, 0.6) is 0 Å². The topological polar surface area (TPSA) is 72.9 Å². The van der Waals surface area contributed by atoms with Crippen LogP contribution in [0.25, 0.3) is 0 Å². The molecule has 1 aliphatic rings. The molecular formula is C20H31N3O3. The second-order valence-corrected chi connectivity index (χ2v) is 6.74. The fourth-order valence-corrected chi connectivity index (χ4v) is 3.55. The molecule has 2 rings (SSSR count). The molecule has 2 N–H and O–H groups in total. The Balaban J connectivity index is 1.98. The maximum Gasteiger partial charge on any atom is 0.253 e. The average molecular weight is 361 g/mol. The SMILES string of the molecule is CCN(CC)C(=O)c1cccc(NC(=O)CN2CCCCC2CCO)c1. The van der Waals surface area contributed by atoms with Crippen LogP contribution in [0, 0.1) is 0 Å². The summed E-state index contributed by atoms with van der Waals surface area (Å²) in [5.41, 5.74) is 1.23. The Bertz CT molecular complexity index is 600. The van der Waals surface area contributed by atoms with E-state index in [0.29, 0.717) is 37.3 Å². The zero-order valence-corrected chi connectivity index (χ0v) is 15.9. The normalized spacial score (nSPS) is 17.7. The maximum absolute atomic E-state index is 12.5. The smallest absolute Gasteiger partial charge is 0.253 e. The first-order valence-corrected chi connectivity index (χ1v) is 9.63. The van der Waals surface area contributed by atoms with Crippen LogP contribution in [0.4, 0.5) is 5.69 Å². The number of hydrogen-bond donors (Lipinski definition) is 2. The molecule has 0 saturated carbocycles. The van der Waals surface area contributed by atoms with E-state index in [1.165, 1.54) is 0 Å². The van der Waals surface area contributed by atoms with Crippen molar-refractivity contribution < 1.29 is 14.7 Å². The van der Waals surface area contributed by atoms with Gasteiger partial charge in [-0.3, -0.25) is 14.5 Å². The Hall–Kier alpha value is -1.92. The van der Waals surface area contributed by atoms with Crippen molar-refractivity contribution in [2.75, 3.05) is 38.1 Å². The minimum atomic E-state index is -0.0812. The number of anilines is 1. The van der Waals surface area contributed by atoms with Crippen molar-refractivity contribution in [1.82, 2.24) is 9.80 Å². The summed E-state index contributed by atoms with van der Waals surface area (Å²) in [6.45, 7) is 6.58. The van der Waals surface area contributed by atoms with E-state index in [0.717, 1.165) is 25.8 Å². The summed E-state index contributed by atoms with van der Waals surface area (Å²) in [5.74, 6) is -0.104. The Labute approximate surface area is 156 Å². The zero-order valence-electron chi connectivity index (χ0n) is 15.9. The van der Waals surface area contributed by atoms with Gasteiger partial charge in [-0.25, -0.2) is 0 Å². The van der Waals surface area contributed by atoms with Crippen LogP contribution < -0.4 is 5.32 Å². The molecule has 1 saturated heterocycles. The number of carbonyl (C=O) groups is 2. The van der Waals surface area contributed by atoms with Crippen molar-refractivity contribution in [3.05, 3.63) is 29.8 Å².